The number of rotatable bonds is 11. The molecule has 0 saturated carbocycles. The van der Waals surface area contributed by atoms with Crippen molar-refractivity contribution >= 4 is 5.96 Å². The third-order valence-electron chi connectivity index (χ3n) is 4.29. The monoisotopic (exact) mass is 390 g/mol. The highest BCUT2D eigenvalue weighted by Gasteiger charge is 2.13. The Bertz CT molecular complexity index is 707. The van der Waals surface area contributed by atoms with Gasteiger partial charge < -0.3 is 19.9 Å². The standard InChI is InChI=1S/C21H31FN4O2/c1-4-19-18(20(5-2)28-26-19)15-25-21(23-6-3)24-13-7-8-14-27-17-11-9-16(22)10-12-17/h9-12H,4-8,13-15H2,1-3H3,(H2,23,24,25). The van der Waals surface area contributed by atoms with Gasteiger partial charge in [0, 0.05) is 25.1 Å². The van der Waals surface area contributed by atoms with Gasteiger partial charge in [0.05, 0.1) is 18.8 Å². The normalized spacial score (nSPS) is 11.5. The molecule has 0 amide bonds. The van der Waals surface area contributed by atoms with Crippen LogP contribution in [-0.2, 0) is 19.4 Å². The first-order valence-corrected chi connectivity index (χ1v) is 10.0. The molecule has 7 heteroatoms. The number of ether oxygens (including phenoxy) is 1. The molecule has 2 aromatic rings. The van der Waals surface area contributed by atoms with Gasteiger partial charge in [0.15, 0.2) is 5.96 Å². The summed E-state index contributed by atoms with van der Waals surface area (Å²) in [4.78, 5) is 4.67. The molecule has 0 aliphatic carbocycles. The predicted octanol–water partition coefficient (Wildman–Crippen LogP) is 3.85. The van der Waals surface area contributed by atoms with Crippen LogP contribution in [0.25, 0.3) is 0 Å². The number of aromatic nitrogens is 1. The number of hydrogen-bond donors (Lipinski definition) is 2. The fraction of sp³-hybridized carbons (Fsp3) is 0.524. The minimum absolute atomic E-state index is 0.255. The van der Waals surface area contributed by atoms with Crippen molar-refractivity contribution in [3.05, 3.63) is 47.1 Å². The first kappa shape index (κ1) is 21.7. The van der Waals surface area contributed by atoms with Crippen molar-refractivity contribution in [2.75, 3.05) is 19.7 Å². The largest absolute Gasteiger partial charge is 0.494 e. The van der Waals surface area contributed by atoms with E-state index in [2.05, 4.69) is 34.6 Å². The minimum atomic E-state index is -0.255. The molecule has 154 valence electrons. The van der Waals surface area contributed by atoms with E-state index in [1.54, 1.807) is 12.1 Å². The number of benzene rings is 1. The quantitative estimate of drug-likeness (QED) is 0.346. The topological polar surface area (TPSA) is 71.7 Å². The highest BCUT2D eigenvalue weighted by atomic mass is 19.1. The zero-order chi connectivity index (χ0) is 20.2. The van der Waals surface area contributed by atoms with Gasteiger partial charge in [-0.1, -0.05) is 19.0 Å². The second-order valence-corrected chi connectivity index (χ2v) is 6.37. The van der Waals surface area contributed by atoms with E-state index in [1.807, 2.05) is 6.92 Å². The van der Waals surface area contributed by atoms with Crippen LogP contribution in [0.2, 0.25) is 0 Å². The van der Waals surface area contributed by atoms with Gasteiger partial charge in [0.2, 0.25) is 0 Å². The Balaban J connectivity index is 1.75. The molecule has 0 aliphatic rings. The van der Waals surface area contributed by atoms with Crippen LogP contribution < -0.4 is 15.4 Å². The van der Waals surface area contributed by atoms with Gasteiger partial charge in [-0.15, -0.1) is 0 Å². The van der Waals surface area contributed by atoms with Crippen LogP contribution in [0.3, 0.4) is 0 Å². The Morgan fingerprint density at radius 1 is 1.11 bits per heavy atom. The van der Waals surface area contributed by atoms with E-state index in [0.717, 1.165) is 61.7 Å². The molecule has 0 aliphatic heterocycles. The van der Waals surface area contributed by atoms with Crippen molar-refractivity contribution in [3.63, 3.8) is 0 Å². The number of unbranched alkanes of at least 4 members (excludes halogenated alkanes) is 1. The number of hydrogen-bond acceptors (Lipinski definition) is 4. The number of nitrogens with one attached hydrogen (secondary N) is 2. The summed E-state index contributed by atoms with van der Waals surface area (Å²) in [7, 11) is 0. The molecular formula is C21H31FN4O2. The molecule has 2 N–H and O–H groups in total. The SMILES string of the molecule is CCNC(=NCc1c(CC)noc1CC)NCCCCOc1ccc(F)cc1. The molecular weight excluding hydrogens is 359 g/mol. The molecule has 2 rings (SSSR count). The average molecular weight is 391 g/mol. The number of aryl methyl sites for hydroxylation is 2. The van der Waals surface area contributed by atoms with Crippen molar-refractivity contribution in [1.82, 2.24) is 15.8 Å². The van der Waals surface area contributed by atoms with E-state index < -0.39 is 0 Å². The van der Waals surface area contributed by atoms with Gasteiger partial charge in [-0.2, -0.15) is 0 Å². The first-order valence-electron chi connectivity index (χ1n) is 10.0. The third-order valence-corrected chi connectivity index (χ3v) is 4.29. The van der Waals surface area contributed by atoms with E-state index in [0.29, 0.717) is 18.9 Å². The molecule has 0 bridgehead atoms. The third kappa shape index (κ3) is 6.87. The van der Waals surface area contributed by atoms with Gasteiger partial charge in [-0.25, -0.2) is 9.38 Å². The Morgan fingerprint density at radius 3 is 2.57 bits per heavy atom. The number of nitrogens with zero attached hydrogens (tertiary/aromatic N) is 2. The average Bonchev–Trinajstić information content (AvgIpc) is 3.12. The Labute approximate surface area is 166 Å². The van der Waals surface area contributed by atoms with Crippen molar-refractivity contribution in [1.29, 1.82) is 0 Å². The maximum absolute atomic E-state index is 12.9. The molecule has 0 saturated heterocycles. The first-order chi connectivity index (χ1) is 13.7. The van der Waals surface area contributed by atoms with E-state index in [9.17, 15) is 4.39 Å². The fourth-order valence-corrected chi connectivity index (χ4v) is 2.77. The molecule has 6 nitrogen and oxygen atoms in total. The Morgan fingerprint density at radius 2 is 1.89 bits per heavy atom. The predicted molar refractivity (Wildman–Crippen MR) is 109 cm³/mol. The summed E-state index contributed by atoms with van der Waals surface area (Å²) < 4.78 is 23.9. The van der Waals surface area contributed by atoms with Crippen LogP contribution in [0.4, 0.5) is 4.39 Å². The summed E-state index contributed by atoms with van der Waals surface area (Å²) in [6.07, 6.45) is 3.50. The zero-order valence-electron chi connectivity index (χ0n) is 17.1. The molecule has 0 fully saturated rings. The van der Waals surface area contributed by atoms with Crippen molar-refractivity contribution in [2.45, 2.75) is 53.0 Å². The van der Waals surface area contributed by atoms with Gasteiger partial charge >= 0.3 is 0 Å². The molecule has 0 atom stereocenters. The lowest BCUT2D eigenvalue weighted by Crippen LogP contribution is -2.37. The highest BCUT2D eigenvalue weighted by Crippen LogP contribution is 2.16. The molecule has 1 aromatic carbocycles. The lowest BCUT2D eigenvalue weighted by molar-refractivity contribution is 0.306. The van der Waals surface area contributed by atoms with Gasteiger partial charge in [0.25, 0.3) is 0 Å². The lowest BCUT2D eigenvalue weighted by Gasteiger charge is -2.11. The molecule has 0 spiro atoms. The molecule has 28 heavy (non-hydrogen) atoms. The summed E-state index contributed by atoms with van der Waals surface area (Å²) in [6, 6.07) is 6.09. The van der Waals surface area contributed by atoms with E-state index in [4.69, 9.17) is 9.26 Å². The van der Waals surface area contributed by atoms with E-state index in [1.165, 1.54) is 12.1 Å². The van der Waals surface area contributed by atoms with Crippen LogP contribution >= 0.6 is 0 Å². The smallest absolute Gasteiger partial charge is 0.191 e. The number of halogens is 1. The molecule has 0 unspecified atom stereocenters. The van der Waals surface area contributed by atoms with Crippen LogP contribution in [0.1, 0.15) is 50.6 Å². The van der Waals surface area contributed by atoms with Crippen molar-refractivity contribution in [2.24, 2.45) is 4.99 Å². The van der Waals surface area contributed by atoms with Crippen LogP contribution in [0.5, 0.6) is 5.75 Å². The Hall–Kier alpha value is -2.57. The maximum Gasteiger partial charge on any atom is 0.191 e. The van der Waals surface area contributed by atoms with Gasteiger partial charge in [-0.3, -0.25) is 0 Å². The summed E-state index contributed by atoms with van der Waals surface area (Å²) in [5.74, 6) is 2.13. The second-order valence-electron chi connectivity index (χ2n) is 6.37. The summed E-state index contributed by atoms with van der Waals surface area (Å²) in [6.45, 7) is 8.92. The number of guanidine groups is 1. The molecule has 0 radical (unpaired) electrons. The van der Waals surface area contributed by atoms with Crippen LogP contribution in [-0.4, -0.2) is 30.8 Å². The maximum atomic E-state index is 12.9. The summed E-state index contributed by atoms with van der Waals surface area (Å²) >= 11 is 0. The summed E-state index contributed by atoms with van der Waals surface area (Å²) in [5.41, 5.74) is 2.07. The van der Waals surface area contributed by atoms with Crippen molar-refractivity contribution < 1.29 is 13.7 Å². The van der Waals surface area contributed by atoms with E-state index in [-0.39, 0.29) is 5.82 Å². The second kappa shape index (κ2) is 12.0. The fourth-order valence-electron chi connectivity index (χ4n) is 2.77. The van der Waals surface area contributed by atoms with Crippen LogP contribution in [0.15, 0.2) is 33.8 Å². The summed E-state index contributed by atoms with van der Waals surface area (Å²) in [5, 5.41) is 10.7. The lowest BCUT2D eigenvalue weighted by atomic mass is 10.1. The molecule has 1 aromatic heterocycles. The molecule has 1 heterocycles. The zero-order valence-corrected chi connectivity index (χ0v) is 17.1. The highest BCUT2D eigenvalue weighted by molar-refractivity contribution is 5.79. The van der Waals surface area contributed by atoms with E-state index >= 15 is 0 Å². The minimum Gasteiger partial charge on any atom is -0.494 e. The van der Waals surface area contributed by atoms with Gasteiger partial charge in [0.1, 0.15) is 17.3 Å². The van der Waals surface area contributed by atoms with Crippen molar-refractivity contribution in [3.8, 4) is 5.75 Å². The van der Waals surface area contributed by atoms with Gasteiger partial charge in [-0.05, 0) is 50.5 Å². The van der Waals surface area contributed by atoms with Crippen LogP contribution in [0, 0.1) is 5.82 Å². The Kier molecular flexibility index (Phi) is 9.31. The number of aliphatic imine (C=N–C) groups is 1.